The summed E-state index contributed by atoms with van der Waals surface area (Å²) in [4.78, 5) is 23.4. The second-order valence-electron chi connectivity index (χ2n) is 4.93. The quantitative estimate of drug-likeness (QED) is 0.818. The Balaban J connectivity index is 2.20. The van der Waals surface area contributed by atoms with E-state index in [9.17, 15) is 9.59 Å². The van der Waals surface area contributed by atoms with Crippen LogP contribution in [0.15, 0.2) is 33.5 Å². The fourth-order valence-corrected chi connectivity index (χ4v) is 2.56. The van der Waals surface area contributed by atoms with Crippen LogP contribution in [0.4, 0.5) is 5.69 Å². The normalized spacial score (nSPS) is 12.3. The van der Waals surface area contributed by atoms with Crippen molar-refractivity contribution < 1.29 is 14.9 Å². The molecule has 0 radical (unpaired) electrons. The third-order valence-corrected chi connectivity index (χ3v) is 3.90. The van der Waals surface area contributed by atoms with E-state index in [0.29, 0.717) is 11.3 Å². The molecule has 21 heavy (non-hydrogen) atoms. The topological polar surface area (TPSA) is 87.0 Å². The van der Waals surface area contributed by atoms with Crippen LogP contribution < -0.4 is 16.7 Å². The van der Waals surface area contributed by atoms with Crippen LogP contribution in [0, 0.1) is 6.92 Å². The lowest BCUT2D eigenvalue weighted by molar-refractivity contribution is -0.402. The van der Waals surface area contributed by atoms with Crippen LogP contribution in [0.3, 0.4) is 0 Å². The van der Waals surface area contributed by atoms with Gasteiger partial charge in [0.2, 0.25) is 0 Å². The van der Waals surface area contributed by atoms with Crippen molar-refractivity contribution in [3.8, 4) is 0 Å². The number of carbonyl (C=O) groups excluding carboxylic acids is 1. The van der Waals surface area contributed by atoms with Gasteiger partial charge < -0.3 is 15.5 Å². The lowest BCUT2D eigenvalue weighted by Crippen LogP contribution is -2.66. The highest BCUT2D eigenvalue weighted by Crippen LogP contribution is 2.20. The molecule has 0 saturated heterocycles. The lowest BCUT2D eigenvalue weighted by Gasteiger charge is -2.10. The monoisotopic (exact) mass is 307 g/mol. The van der Waals surface area contributed by atoms with E-state index in [1.807, 2.05) is 19.2 Å². The molecule has 2 rings (SSSR count). The van der Waals surface area contributed by atoms with Crippen LogP contribution in [0.1, 0.15) is 12.0 Å². The van der Waals surface area contributed by atoms with E-state index in [2.05, 4.69) is 11.1 Å². The van der Waals surface area contributed by atoms with E-state index in [0.717, 1.165) is 23.1 Å². The summed E-state index contributed by atoms with van der Waals surface area (Å²) in [5, 5.41) is 3.67. The van der Waals surface area contributed by atoms with Crippen molar-refractivity contribution in [1.82, 2.24) is 0 Å². The van der Waals surface area contributed by atoms with Gasteiger partial charge in [-0.1, -0.05) is 0 Å². The van der Waals surface area contributed by atoms with Gasteiger partial charge in [0.25, 0.3) is 5.91 Å². The number of hydrogen-bond acceptors (Lipinski definition) is 4. The summed E-state index contributed by atoms with van der Waals surface area (Å²) in [5.74, 6) is 0.770. The number of thioether (sulfide) groups is 1. The second kappa shape index (κ2) is 6.78. The molecular weight excluding hydrogens is 288 g/mol. The standard InChI is InChI=1S/C15H18N2O3S/c1-9-7-14(18)20-13-8-10(3-4-11(9)13)17-15(19)12(16)5-6-21-2/h3-4,7-8,12H,5-6,16H2,1-2H3,(H,17,19)/p+1/t12-/m0/s1. The van der Waals surface area contributed by atoms with E-state index >= 15 is 0 Å². The zero-order valence-electron chi connectivity index (χ0n) is 12.1. The average Bonchev–Trinajstić information content (AvgIpc) is 2.44. The molecule has 1 aromatic heterocycles. The van der Waals surface area contributed by atoms with Gasteiger partial charge in [0, 0.05) is 29.6 Å². The van der Waals surface area contributed by atoms with Gasteiger partial charge in [-0.25, -0.2) is 4.79 Å². The first-order chi connectivity index (χ1) is 10.0. The molecule has 0 aliphatic heterocycles. The van der Waals surface area contributed by atoms with Gasteiger partial charge in [-0.15, -0.1) is 0 Å². The Labute approximate surface area is 126 Å². The van der Waals surface area contributed by atoms with E-state index in [-0.39, 0.29) is 11.9 Å². The minimum Gasteiger partial charge on any atom is -0.423 e. The molecule has 0 unspecified atom stereocenters. The predicted molar refractivity (Wildman–Crippen MR) is 85.5 cm³/mol. The minimum atomic E-state index is -0.390. The van der Waals surface area contributed by atoms with Crippen LogP contribution in [0.25, 0.3) is 11.0 Å². The fourth-order valence-electron chi connectivity index (χ4n) is 2.04. The van der Waals surface area contributed by atoms with Gasteiger partial charge in [0.1, 0.15) is 5.58 Å². The van der Waals surface area contributed by atoms with Crippen LogP contribution >= 0.6 is 11.8 Å². The highest BCUT2D eigenvalue weighted by atomic mass is 32.2. The summed E-state index contributed by atoms with van der Waals surface area (Å²) >= 11 is 1.69. The summed E-state index contributed by atoms with van der Waals surface area (Å²) in [6, 6.07) is 6.47. The van der Waals surface area contributed by atoms with E-state index < -0.39 is 5.63 Å². The van der Waals surface area contributed by atoms with E-state index in [4.69, 9.17) is 4.42 Å². The predicted octanol–water partition coefficient (Wildman–Crippen LogP) is 1.40. The maximum atomic E-state index is 12.0. The van der Waals surface area contributed by atoms with Crippen molar-refractivity contribution in [3.05, 3.63) is 40.2 Å². The maximum Gasteiger partial charge on any atom is 0.336 e. The molecule has 0 bridgehead atoms. The summed E-state index contributed by atoms with van der Waals surface area (Å²) in [5.41, 5.74) is 5.41. The minimum absolute atomic E-state index is 0.126. The molecule has 1 amide bonds. The molecule has 0 aliphatic rings. The van der Waals surface area contributed by atoms with Crippen LogP contribution in [-0.2, 0) is 4.79 Å². The molecule has 5 nitrogen and oxygen atoms in total. The highest BCUT2D eigenvalue weighted by molar-refractivity contribution is 7.98. The van der Waals surface area contributed by atoms with Crippen molar-refractivity contribution >= 4 is 34.3 Å². The van der Waals surface area contributed by atoms with E-state index in [1.54, 1.807) is 23.9 Å². The summed E-state index contributed by atoms with van der Waals surface area (Å²) < 4.78 is 5.16. The molecule has 6 heteroatoms. The molecular formula is C15H19N2O3S+. The zero-order chi connectivity index (χ0) is 15.4. The first-order valence-electron chi connectivity index (χ1n) is 6.68. The molecule has 112 valence electrons. The first kappa shape index (κ1) is 15.6. The molecule has 0 aliphatic carbocycles. The van der Waals surface area contributed by atoms with Gasteiger partial charge in [-0.05, 0) is 36.6 Å². The zero-order valence-corrected chi connectivity index (χ0v) is 13.0. The number of amides is 1. The smallest absolute Gasteiger partial charge is 0.336 e. The number of hydrogen-bond donors (Lipinski definition) is 2. The molecule has 1 aromatic carbocycles. The summed E-state index contributed by atoms with van der Waals surface area (Å²) in [6.07, 6.45) is 2.73. The van der Waals surface area contributed by atoms with Gasteiger partial charge in [-0.2, -0.15) is 11.8 Å². The number of benzene rings is 1. The molecule has 0 saturated carbocycles. The van der Waals surface area contributed by atoms with Crippen LogP contribution in [0.2, 0.25) is 0 Å². The molecule has 2 aromatic rings. The van der Waals surface area contributed by atoms with Crippen molar-refractivity contribution in [2.75, 3.05) is 17.3 Å². The Hall–Kier alpha value is -1.79. The number of fused-ring (bicyclic) bond motifs is 1. The third-order valence-electron chi connectivity index (χ3n) is 3.26. The lowest BCUT2D eigenvalue weighted by atomic mass is 10.1. The first-order valence-corrected chi connectivity index (χ1v) is 8.08. The molecule has 1 atom stereocenters. The maximum absolute atomic E-state index is 12.0. The highest BCUT2D eigenvalue weighted by Gasteiger charge is 2.17. The second-order valence-corrected chi connectivity index (χ2v) is 5.91. The van der Waals surface area contributed by atoms with Crippen LogP contribution in [-0.4, -0.2) is 24.0 Å². The van der Waals surface area contributed by atoms with Gasteiger partial charge in [0.15, 0.2) is 6.04 Å². The average molecular weight is 307 g/mol. The van der Waals surface area contributed by atoms with Gasteiger partial charge in [-0.3, -0.25) is 4.79 Å². The van der Waals surface area contributed by atoms with Crippen LogP contribution in [0.5, 0.6) is 0 Å². The molecule has 0 spiro atoms. The van der Waals surface area contributed by atoms with Gasteiger partial charge in [0.05, 0.1) is 0 Å². The summed E-state index contributed by atoms with van der Waals surface area (Å²) in [7, 11) is 0. The Morgan fingerprint density at radius 3 is 2.90 bits per heavy atom. The number of aryl methyl sites for hydroxylation is 1. The fraction of sp³-hybridized carbons (Fsp3) is 0.333. The Kier molecular flexibility index (Phi) is 5.03. The number of nitrogens with one attached hydrogen (secondary N) is 1. The Morgan fingerprint density at radius 2 is 2.19 bits per heavy atom. The third kappa shape index (κ3) is 3.86. The van der Waals surface area contributed by atoms with Crippen molar-refractivity contribution in [2.45, 2.75) is 19.4 Å². The number of rotatable bonds is 5. The Morgan fingerprint density at radius 1 is 1.43 bits per heavy atom. The number of quaternary nitrogens is 1. The molecule has 4 N–H and O–H groups in total. The van der Waals surface area contributed by atoms with E-state index in [1.165, 1.54) is 6.07 Å². The summed E-state index contributed by atoms with van der Waals surface area (Å²) in [6.45, 7) is 1.85. The number of carbonyl (C=O) groups is 1. The van der Waals surface area contributed by atoms with Crippen molar-refractivity contribution in [2.24, 2.45) is 0 Å². The molecule has 1 heterocycles. The molecule has 0 fully saturated rings. The van der Waals surface area contributed by atoms with Crippen molar-refractivity contribution in [3.63, 3.8) is 0 Å². The van der Waals surface area contributed by atoms with Gasteiger partial charge >= 0.3 is 5.63 Å². The number of anilines is 1. The van der Waals surface area contributed by atoms with Crippen molar-refractivity contribution in [1.29, 1.82) is 0 Å². The Bertz CT molecular complexity index is 712. The largest absolute Gasteiger partial charge is 0.423 e. The SMILES string of the molecule is CSCC[C@H]([NH3+])C(=O)Nc1ccc2c(C)cc(=O)oc2c1.